The summed E-state index contributed by atoms with van der Waals surface area (Å²) in [5, 5.41) is 8.93. The summed E-state index contributed by atoms with van der Waals surface area (Å²) < 4.78 is 0. The molecule has 1 amide bonds. The summed E-state index contributed by atoms with van der Waals surface area (Å²) in [5.41, 5.74) is 0. The van der Waals surface area contributed by atoms with Crippen LogP contribution >= 0.6 is 11.6 Å². The molecule has 1 aliphatic heterocycles. The number of aliphatic hydroxyl groups is 1. The van der Waals surface area contributed by atoms with Gasteiger partial charge in [-0.2, -0.15) is 0 Å². The van der Waals surface area contributed by atoms with E-state index in [1.807, 2.05) is 0 Å². The highest BCUT2D eigenvalue weighted by Crippen LogP contribution is 2.21. The Balaban J connectivity index is 2.63. The van der Waals surface area contributed by atoms with Gasteiger partial charge in [-0.15, -0.1) is 11.6 Å². The number of halogens is 1. The molecule has 0 saturated carbocycles. The monoisotopic (exact) mass is 205 g/mol. The van der Waals surface area contributed by atoms with E-state index >= 15 is 0 Å². The summed E-state index contributed by atoms with van der Waals surface area (Å²) in [5.74, 6) is -0.0648. The van der Waals surface area contributed by atoms with Crippen molar-refractivity contribution in [2.75, 3.05) is 6.54 Å². The van der Waals surface area contributed by atoms with E-state index in [0.717, 1.165) is 19.4 Å². The van der Waals surface area contributed by atoms with Crippen LogP contribution in [0, 0.1) is 0 Å². The molecule has 1 N–H and O–H groups in total. The SMILES string of the molecule is CC(Cl)C(=O)N1CCCC1C(C)O. The van der Waals surface area contributed by atoms with Gasteiger partial charge in [-0.1, -0.05) is 0 Å². The maximum atomic E-state index is 11.5. The van der Waals surface area contributed by atoms with E-state index in [1.165, 1.54) is 0 Å². The van der Waals surface area contributed by atoms with Crippen molar-refractivity contribution in [2.45, 2.75) is 44.2 Å². The molecular weight excluding hydrogens is 190 g/mol. The molecule has 3 atom stereocenters. The number of nitrogens with zero attached hydrogens (tertiary/aromatic N) is 1. The number of likely N-dealkylation sites (tertiary alicyclic amines) is 1. The van der Waals surface area contributed by atoms with Crippen LogP contribution in [-0.2, 0) is 4.79 Å². The summed E-state index contributed by atoms with van der Waals surface area (Å²) >= 11 is 5.71. The van der Waals surface area contributed by atoms with Crippen LogP contribution in [0.2, 0.25) is 0 Å². The highest BCUT2D eigenvalue weighted by Gasteiger charge is 2.33. The molecule has 76 valence electrons. The molecule has 3 nitrogen and oxygen atoms in total. The van der Waals surface area contributed by atoms with Gasteiger partial charge < -0.3 is 10.0 Å². The number of rotatable bonds is 2. The minimum Gasteiger partial charge on any atom is -0.391 e. The number of carbonyl (C=O) groups excluding carboxylic acids is 1. The summed E-state index contributed by atoms with van der Waals surface area (Å²) in [4.78, 5) is 13.2. The van der Waals surface area contributed by atoms with Gasteiger partial charge in [0.25, 0.3) is 0 Å². The zero-order valence-corrected chi connectivity index (χ0v) is 8.79. The van der Waals surface area contributed by atoms with Gasteiger partial charge in [0.05, 0.1) is 12.1 Å². The zero-order valence-electron chi connectivity index (χ0n) is 8.03. The van der Waals surface area contributed by atoms with E-state index < -0.39 is 11.5 Å². The van der Waals surface area contributed by atoms with Crippen molar-refractivity contribution in [1.82, 2.24) is 4.90 Å². The fourth-order valence-corrected chi connectivity index (χ4v) is 1.92. The second-order valence-electron chi connectivity index (χ2n) is 3.60. The topological polar surface area (TPSA) is 40.5 Å². The molecule has 3 unspecified atom stereocenters. The predicted octanol–water partition coefficient (Wildman–Crippen LogP) is 0.986. The highest BCUT2D eigenvalue weighted by atomic mass is 35.5. The highest BCUT2D eigenvalue weighted by molar-refractivity contribution is 6.30. The number of alkyl halides is 1. The van der Waals surface area contributed by atoms with Crippen LogP contribution in [0.4, 0.5) is 0 Å². The van der Waals surface area contributed by atoms with Crippen LogP contribution in [0.25, 0.3) is 0 Å². The average Bonchev–Trinajstić information content (AvgIpc) is 2.50. The van der Waals surface area contributed by atoms with E-state index in [-0.39, 0.29) is 11.9 Å². The van der Waals surface area contributed by atoms with Gasteiger partial charge in [-0.25, -0.2) is 0 Å². The Kier molecular flexibility index (Phi) is 3.56. The van der Waals surface area contributed by atoms with Gasteiger partial charge in [0.1, 0.15) is 5.38 Å². The second kappa shape index (κ2) is 4.29. The standard InChI is InChI=1S/C9H16ClNO2/c1-6(10)9(13)11-5-3-4-8(11)7(2)12/h6-8,12H,3-5H2,1-2H3. The van der Waals surface area contributed by atoms with Crippen LogP contribution in [0.3, 0.4) is 0 Å². The molecule has 1 aliphatic rings. The van der Waals surface area contributed by atoms with Crippen molar-refractivity contribution in [1.29, 1.82) is 0 Å². The molecule has 0 aliphatic carbocycles. The Bertz CT molecular complexity index is 194. The van der Waals surface area contributed by atoms with Crippen molar-refractivity contribution in [3.05, 3.63) is 0 Å². The van der Waals surface area contributed by atoms with E-state index in [4.69, 9.17) is 11.6 Å². The molecule has 13 heavy (non-hydrogen) atoms. The molecule has 1 heterocycles. The molecule has 0 radical (unpaired) electrons. The zero-order chi connectivity index (χ0) is 10.0. The van der Waals surface area contributed by atoms with Gasteiger partial charge in [-0.3, -0.25) is 4.79 Å². The van der Waals surface area contributed by atoms with Crippen molar-refractivity contribution in [2.24, 2.45) is 0 Å². The molecule has 0 bridgehead atoms. The molecule has 1 fully saturated rings. The summed E-state index contributed by atoms with van der Waals surface area (Å²) in [6, 6.07) is -0.0336. The Labute approximate surface area is 83.7 Å². The van der Waals surface area contributed by atoms with E-state index in [0.29, 0.717) is 0 Å². The lowest BCUT2D eigenvalue weighted by Crippen LogP contribution is -2.44. The fourth-order valence-electron chi connectivity index (χ4n) is 1.80. The lowest BCUT2D eigenvalue weighted by Gasteiger charge is -2.27. The first-order chi connectivity index (χ1) is 6.04. The lowest BCUT2D eigenvalue weighted by atomic mass is 10.1. The molecular formula is C9H16ClNO2. The Morgan fingerprint density at radius 2 is 2.23 bits per heavy atom. The number of hydrogen-bond donors (Lipinski definition) is 1. The van der Waals surface area contributed by atoms with Gasteiger partial charge in [0.15, 0.2) is 0 Å². The van der Waals surface area contributed by atoms with Crippen LogP contribution in [0.5, 0.6) is 0 Å². The third kappa shape index (κ3) is 2.35. The molecule has 4 heteroatoms. The van der Waals surface area contributed by atoms with Crippen LogP contribution in [0.15, 0.2) is 0 Å². The molecule has 0 aromatic rings. The summed E-state index contributed by atoms with van der Waals surface area (Å²) in [6.07, 6.45) is 1.39. The van der Waals surface area contributed by atoms with E-state index in [2.05, 4.69) is 0 Å². The Morgan fingerprint density at radius 1 is 1.62 bits per heavy atom. The van der Waals surface area contributed by atoms with Gasteiger partial charge in [0, 0.05) is 6.54 Å². The van der Waals surface area contributed by atoms with Crippen LogP contribution in [-0.4, -0.2) is 40.0 Å². The molecule has 0 spiro atoms. The number of aliphatic hydroxyl groups excluding tert-OH is 1. The number of hydrogen-bond acceptors (Lipinski definition) is 2. The number of carbonyl (C=O) groups is 1. The normalized spacial score (nSPS) is 27.4. The number of amides is 1. The molecule has 1 saturated heterocycles. The fraction of sp³-hybridized carbons (Fsp3) is 0.889. The summed E-state index contributed by atoms with van der Waals surface area (Å²) in [6.45, 7) is 4.11. The first-order valence-electron chi connectivity index (χ1n) is 4.66. The van der Waals surface area contributed by atoms with Crippen molar-refractivity contribution in [3.63, 3.8) is 0 Å². The van der Waals surface area contributed by atoms with E-state index in [9.17, 15) is 9.90 Å². The minimum atomic E-state index is -0.487. The smallest absolute Gasteiger partial charge is 0.240 e. The largest absolute Gasteiger partial charge is 0.391 e. The maximum absolute atomic E-state index is 11.5. The first-order valence-corrected chi connectivity index (χ1v) is 5.10. The van der Waals surface area contributed by atoms with Gasteiger partial charge in [0.2, 0.25) is 5.91 Å². The molecule has 0 aromatic carbocycles. The minimum absolute atomic E-state index is 0.0336. The third-order valence-electron chi connectivity index (χ3n) is 2.48. The summed E-state index contributed by atoms with van der Waals surface area (Å²) in [7, 11) is 0. The van der Waals surface area contributed by atoms with Crippen LogP contribution in [0.1, 0.15) is 26.7 Å². The Morgan fingerprint density at radius 3 is 2.69 bits per heavy atom. The molecule has 1 rings (SSSR count). The first kappa shape index (κ1) is 10.8. The van der Waals surface area contributed by atoms with Crippen molar-refractivity contribution in [3.8, 4) is 0 Å². The van der Waals surface area contributed by atoms with E-state index in [1.54, 1.807) is 18.7 Å². The van der Waals surface area contributed by atoms with Crippen molar-refractivity contribution < 1.29 is 9.90 Å². The third-order valence-corrected chi connectivity index (χ3v) is 2.67. The maximum Gasteiger partial charge on any atom is 0.240 e. The lowest BCUT2D eigenvalue weighted by molar-refractivity contribution is -0.133. The van der Waals surface area contributed by atoms with Gasteiger partial charge >= 0.3 is 0 Å². The quantitative estimate of drug-likeness (QED) is 0.683. The molecule has 0 aromatic heterocycles. The van der Waals surface area contributed by atoms with Crippen molar-refractivity contribution >= 4 is 17.5 Å². The predicted molar refractivity (Wildman–Crippen MR) is 51.7 cm³/mol. The van der Waals surface area contributed by atoms with Gasteiger partial charge in [-0.05, 0) is 26.7 Å². The average molecular weight is 206 g/mol. The Hall–Kier alpha value is -0.280. The second-order valence-corrected chi connectivity index (χ2v) is 4.25. The van der Waals surface area contributed by atoms with Crippen LogP contribution < -0.4 is 0 Å².